The molecule has 0 atom stereocenters. The predicted molar refractivity (Wildman–Crippen MR) is 69.9 cm³/mol. The predicted octanol–water partition coefficient (Wildman–Crippen LogP) is 2.24. The molecular formula is C13H14FNO3S. The lowest BCUT2D eigenvalue weighted by atomic mass is 10.2. The summed E-state index contributed by atoms with van der Waals surface area (Å²) in [5.41, 5.74) is -0.362. The minimum atomic E-state index is -1.30. The van der Waals surface area contributed by atoms with Crippen molar-refractivity contribution in [3.63, 3.8) is 0 Å². The molecule has 102 valence electrons. The second kappa shape index (κ2) is 6.06. The smallest absolute Gasteiger partial charge is 0.338 e. The van der Waals surface area contributed by atoms with Gasteiger partial charge in [-0.15, -0.1) is 11.8 Å². The summed E-state index contributed by atoms with van der Waals surface area (Å²) in [5, 5.41) is 8.82. The molecule has 1 fully saturated rings. The molecule has 1 aromatic carbocycles. The highest BCUT2D eigenvalue weighted by atomic mass is 32.2. The third kappa shape index (κ3) is 3.47. The standard InChI is InChI=1S/C13H14FNO3S/c14-11-4-3-9(7-10(11)13(17)18)19-8-12(16)15-5-1-2-6-15/h3-4,7H,1-2,5-6,8H2,(H,17,18). The molecule has 1 saturated heterocycles. The van der Waals surface area contributed by atoms with E-state index in [4.69, 9.17) is 5.11 Å². The molecule has 0 spiro atoms. The van der Waals surface area contributed by atoms with Crippen LogP contribution in [0.25, 0.3) is 0 Å². The first kappa shape index (κ1) is 13.9. The summed E-state index contributed by atoms with van der Waals surface area (Å²) in [6, 6.07) is 3.87. The van der Waals surface area contributed by atoms with Crippen LogP contribution in [0.1, 0.15) is 23.2 Å². The van der Waals surface area contributed by atoms with Crippen LogP contribution in [-0.4, -0.2) is 40.7 Å². The fraction of sp³-hybridized carbons (Fsp3) is 0.385. The van der Waals surface area contributed by atoms with E-state index in [1.165, 1.54) is 23.9 Å². The molecule has 0 saturated carbocycles. The molecule has 0 aliphatic carbocycles. The van der Waals surface area contributed by atoms with E-state index in [1.807, 2.05) is 0 Å². The minimum absolute atomic E-state index is 0.0451. The van der Waals surface area contributed by atoms with Crippen LogP contribution in [0.5, 0.6) is 0 Å². The average molecular weight is 283 g/mol. The molecule has 0 aromatic heterocycles. The van der Waals surface area contributed by atoms with Gasteiger partial charge < -0.3 is 10.0 Å². The highest BCUT2D eigenvalue weighted by molar-refractivity contribution is 8.00. The highest BCUT2D eigenvalue weighted by Gasteiger charge is 2.18. The van der Waals surface area contributed by atoms with E-state index in [0.29, 0.717) is 4.90 Å². The Balaban J connectivity index is 1.97. The van der Waals surface area contributed by atoms with E-state index < -0.39 is 11.8 Å². The van der Waals surface area contributed by atoms with Gasteiger partial charge in [0.2, 0.25) is 5.91 Å². The van der Waals surface area contributed by atoms with Crippen LogP contribution in [-0.2, 0) is 4.79 Å². The maximum Gasteiger partial charge on any atom is 0.338 e. The number of carboxylic acids is 1. The summed E-state index contributed by atoms with van der Waals surface area (Å²) in [6.45, 7) is 1.59. The zero-order valence-corrected chi connectivity index (χ0v) is 11.1. The number of aromatic carboxylic acids is 1. The monoisotopic (exact) mass is 283 g/mol. The Morgan fingerprint density at radius 3 is 2.63 bits per heavy atom. The molecule has 19 heavy (non-hydrogen) atoms. The second-order valence-electron chi connectivity index (χ2n) is 4.32. The number of nitrogens with zero attached hydrogens (tertiary/aromatic N) is 1. The van der Waals surface area contributed by atoms with Crippen LogP contribution in [0, 0.1) is 5.82 Å². The van der Waals surface area contributed by atoms with E-state index in [1.54, 1.807) is 4.90 Å². The van der Waals surface area contributed by atoms with Gasteiger partial charge in [0, 0.05) is 18.0 Å². The van der Waals surface area contributed by atoms with E-state index in [0.717, 1.165) is 32.0 Å². The fourth-order valence-electron chi connectivity index (χ4n) is 1.96. The summed E-state index contributed by atoms with van der Waals surface area (Å²) in [4.78, 5) is 25.0. The first-order valence-electron chi connectivity index (χ1n) is 6.01. The number of halogens is 1. The van der Waals surface area contributed by atoms with Crippen molar-refractivity contribution in [1.82, 2.24) is 4.90 Å². The molecule has 0 bridgehead atoms. The van der Waals surface area contributed by atoms with Crippen molar-refractivity contribution in [2.24, 2.45) is 0 Å². The van der Waals surface area contributed by atoms with Crippen molar-refractivity contribution >= 4 is 23.6 Å². The van der Waals surface area contributed by atoms with E-state index in [-0.39, 0.29) is 17.2 Å². The van der Waals surface area contributed by atoms with Gasteiger partial charge in [-0.25, -0.2) is 9.18 Å². The van der Waals surface area contributed by atoms with Crippen molar-refractivity contribution in [2.45, 2.75) is 17.7 Å². The van der Waals surface area contributed by atoms with Crippen LogP contribution in [0.2, 0.25) is 0 Å². The first-order chi connectivity index (χ1) is 9.08. The zero-order valence-electron chi connectivity index (χ0n) is 10.3. The summed E-state index contributed by atoms with van der Waals surface area (Å²) in [5.74, 6) is -1.76. The molecule has 1 aliphatic heterocycles. The van der Waals surface area contributed by atoms with E-state index in [9.17, 15) is 14.0 Å². The molecule has 0 radical (unpaired) electrons. The van der Waals surface area contributed by atoms with Gasteiger partial charge in [-0.2, -0.15) is 0 Å². The molecule has 4 nitrogen and oxygen atoms in total. The zero-order chi connectivity index (χ0) is 13.8. The number of carboxylic acid groups (broad SMARTS) is 1. The lowest BCUT2D eigenvalue weighted by molar-refractivity contribution is -0.127. The van der Waals surface area contributed by atoms with Crippen molar-refractivity contribution in [3.8, 4) is 0 Å². The van der Waals surface area contributed by atoms with Crippen LogP contribution < -0.4 is 0 Å². The molecule has 1 N–H and O–H groups in total. The summed E-state index contributed by atoms with van der Waals surface area (Å²) in [7, 11) is 0. The van der Waals surface area contributed by atoms with Gasteiger partial charge in [0.1, 0.15) is 5.82 Å². The Kier molecular flexibility index (Phi) is 4.42. The van der Waals surface area contributed by atoms with Crippen molar-refractivity contribution in [1.29, 1.82) is 0 Å². The number of thioether (sulfide) groups is 1. The number of benzene rings is 1. The molecule has 1 aliphatic rings. The number of amides is 1. The van der Waals surface area contributed by atoms with Crippen LogP contribution in [0.4, 0.5) is 4.39 Å². The normalized spacial score (nSPS) is 14.7. The van der Waals surface area contributed by atoms with E-state index >= 15 is 0 Å². The van der Waals surface area contributed by atoms with Crippen LogP contribution >= 0.6 is 11.8 Å². The number of hydrogen-bond acceptors (Lipinski definition) is 3. The largest absolute Gasteiger partial charge is 0.478 e. The van der Waals surface area contributed by atoms with Gasteiger partial charge in [-0.1, -0.05) is 0 Å². The van der Waals surface area contributed by atoms with Gasteiger partial charge in [-0.3, -0.25) is 4.79 Å². The Morgan fingerprint density at radius 2 is 2.00 bits per heavy atom. The third-order valence-electron chi connectivity index (χ3n) is 2.99. The van der Waals surface area contributed by atoms with Crippen LogP contribution in [0.3, 0.4) is 0 Å². The van der Waals surface area contributed by atoms with Crippen molar-refractivity contribution in [3.05, 3.63) is 29.6 Å². The summed E-state index contributed by atoms with van der Waals surface area (Å²) < 4.78 is 13.2. The highest BCUT2D eigenvalue weighted by Crippen LogP contribution is 2.22. The lowest BCUT2D eigenvalue weighted by Gasteiger charge is -2.14. The van der Waals surface area contributed by atoms with Gasteiger partial charge in [0.25, 0.3) is 0 Å². The van der Waals surface area contributed by atoms with Crippen molar-refractivity contribution in [2.75, 3.05) is 18.8 Å². The topological polar surface area (TPSA) is 57.6 Å². The quantitative estimate of drug-likeness (QED) is 0.861. The van der Waals surface area contributed by atoms with Gasteiger partial charge >= 0.3 is 5.97 Å². The van der Waals surface area contributed by atoms with Crippen LogP contribution in [0.15, 0.2) is 23.1 Å². The molecule has 2 rings (SSSR count). The second-order valence-corrected chi connectivity index (χ2v) is 5.37. The number of rotatable bonds is 4. The number of carbonyl (C=O) groups excluding carboxylic acids is 1. The number of carbonyl (C=O) groups is 2. The molecule has 1 aromatic rings. The Morgan fingerprint density at radius 1 is 1.32 bits per heavy atom. The van der Waals surface area contributed by atoms with Gasteiger partial charge in [-0.05, 0) is 31.0 Å². The third-order valence-corrected chi connectivity index (χ3v) is 3.97. The maximum absolute atomic E-state index is 13.2. The van der Waals surface area contributed by atoms with Crippen molar-refractivity contribution < 1.29 is 19.1 Å². The Hall–Kier alpha value is -1.56. The first-order valence-corrected chi connectivity index (χ1v) is 7.00. The lowest BCUT2D eigenvalue weighted by Crippen LogP contribution is -2.29. The fourth-order valence-corrected chi connectivity index (χ4v) is 2.80. The summed E-state index contributed by atoms with van der Waals surface area (Å²) in [6.07, 6.45) is 2.08. The molecule has 1 heterocycles. The minimum Gasteiger partial charge on any atom is -0.478 e. The Bertz CT molecular complexity index is 501. The van der Waals surface area contributed by atoms with E-state index in [2.05, 4.69) is 0 Å². The number of hydrogen-bond donors (Lipinski definition) is 1. The molecule has 0 unspecified atom stereocenters. The molecule has 6 heteroatoms. The van der Waals surface area contributed by atoms with Gasteiger partial charge in [0.05, 0.1) is 11.3 Å². The Labute approximate surface area is 114 Å². The molecular weight excluding hydrogens is 269 g/mol. The number of likely N-dealkylation sites (tertiary alicyclic amines) is 1. The maximum atomic E-state index is 13.2. The average Bonchev–Trinajstić information content (AvgIpc) is 2.91. The summed E-state index contributed by atoms with van der Waals surface area (Å²) >= 11 is 1.23. The van der Waals surface area contributed by atoms with Gasteiger partial charge in [0.15, 0.2) is 0 Å². The SMILES string of the molecule is O=C(O)c1cc(SCC(=O)N2CCCC2)ccc1F. The molecule has 1 amide bonds.